The van der Waals surface area contributed by atoms with Crippen LogP contribution in [0.3, 0.4) is 0 Å². The summed E-state index contributed by atoms with van der Waals surface area (Å²) in [5.41, 5.74) is 0.858. The Bertz CT molecular complexity index is 752. The van der Waals surface area contributed by atoms with Gasteiger partial charge in [-0.2, -0.15) is 0 Å². The van der Waals surface area contributed by atoms with Crippen LogP contribution in [0.1, 0.15) is 5.56 Å². The fourth-order valence-corrected chi connectivity index (χ4v) is 2.71. The van der Waals surface area contributed by atoms with Crippen molar-refractivity contribution in [2.75, 3.05) is 0 Å². The molecule has 3 heterocycles. The summed E-state index contributed by atoms with van der Waals surface area (Å²) in [6.07, 6.45) is 3.50. The monoisotopic (exact) mass is 246 g/mol. The number of H-pyrrole nitrogens is 1. The highest BCUT2D eigenvalue weighted by molar-refractivity contribution is 7.16. The predicted octanol–water partition coefficient (Wildman–Crippen LogP) is 1.69. The van der Waals surface area contributed by atoms with Gasteiger partial charge in [0.15, 0.2) is 11.6 Å². The molecular weight excluding hydrogens is 236 g/mol. The Kier molecular flexibility index (Phi) is 2.12. The van der Waals surface area contributed by atoms with Crippen LogP contribution in [0.2, 0.25) is 0 Å². The summed E-state index contributed by atoms with van der Waals surface area (Å²) in [4.78, 5) is 24.1. The van der Waals surface area contributed by atoms with E-state index in [1.807, 2.05) is 30.1 Å². The van der Waals surface area contributed by atoms with Crippen LogP contribution in [0.15, 0.2) is 22.6 Å². The Morgan fingerprint density at radius 3 is 3.00 bits per heavy atom. The van der Waals surface area contributed by atoms with Crippen molar-refractivity contribution in [1.29, 1.82) is 0 Å². The molecule has 86 valence electrons. The van der Waals surface area contributed by atoms with Crippen molar-refractivity contribution in [1.82, 2.24) is 19.5 Å². The molecule has 0 aromatic carbocycles. The van der Waals surface area contributed by atoms with Crippen LogP contribution in [-0.4, -0.2) is 19.5 Å². The van der Waals surface area contributed by atoms with Crippen LogP contribution in [0.5, 0.6) is 0 Å². The van der Waals surface area contributed by atoms with E-state index in [0.29, 0.717) is 17.0 Å². The number of fused-ring (bicyclic) bond motifs is 1. The average molecular weight is 246 g/mol. The molecule has 5 nitrogen and oxygen atoms in total. The third-order valence-electron chi connectivity index (χ3n) is 2.66. The van der Waals surface area contributed by atoms with Gasteiger partial charge in [0.1, 0.15) is 4.83 Å². The first kappa shape index (κ1) is 10.2. The largest absolute Gasteiger partial charge is 0.331 e. The molecule has 0 spiro atoms. The minimum Gasteiger partial charge on any atom is -0.331 e. The van der Waals surface area contributed by atoms with E-state index < -0.39 is 0 Å². The van der Waals surface area contributed by atoms with Crippen molar-refractivity contribution in [3.63, 3.8) is 0 Å². The summed E-state index contributed by atoms with van der Waals surface area (Å²) in [6.45, 7) is 1.91. The molecule has 0 aliphatic carbocycles. The van der Waals surface area contributed by atoms with Crippen LogP contribution in [0.4, 0.5) is 0 Å². The molecule has 0 saturated heterocycles. The summed E-state index contributed by atoms with van der Waals surface area (Å²) in [7, 11) is 1.87. The highest BCUT2D eigenvalue weighted by Crippen LogP contribution is 2.21. The third kappa shape index (κ3) is 1.49. The lowest BCUT2D eigenvalue weighted by Gasteiger charge is -2.00. The topological polar surface area (TPSA) is 63.6 Å². The standard InChI is InChI=1S/C11H10N4OS/c1-6-5-17-11-7(6)10(16)13-8(14-11)9-12-3-4-15(9)2/h3-5H,1-2H3,(H,13,14,16). The Morgan fingerprint density at radius 2 is 2.29 bits per heavy atom. The number of aryl methyl sites for hydroxylation is 2. The molecule has 0 aliphatic heterocycles. The fraction of sp³-hybridized carbons (Fsp3) is 0.182. The number of nitrogens with one attached hydrogen (secondary N) is 1. The van der Waals surface area contributed by atoms with Gasteiger partial charge in [0.05, 0.1) is 5.39 Å². The lowest BCUT2D eigenvalue weighted by molar-refractivity contribution is 0.907. The van der Waals surface area contributed by atoms with Crippen LogP contribution in [-0.2, 0) is 7.05 Å². The first-order chi connectivity index (χ1) is 8.16. The molecule has 17 heavy (non-hydrogen) atoms. The molecule has 0 bridgehead atoms. The van der Waals surface area contributed by atoms with Crippen LogP contribution in [0, 0.1) is 6.92 Å². The summed E-state index contributed by atoms with van der Waals surface area (Å²) in [5.74, 6) is 1.17. The molecule has 1 N–H and O–H groups in total. The Hall–Kier alpha value is -1.95. The first-order valence-electron chi connectivity index (χ1n) is 5.12. The Labute approximate surface area is 101 Å². The number of nitrogens with zero attached hydrogens (tertiary/aromatic N) is 3. The molecule has 0 atom stereocenters. The lowest BCUT2D eigenvalue weighted by Crippen LogP contribution is -2.10. The van der Waals surface area contributed by atoms with E-state index >= 15 is 0 Å². The van der Waals surface area contributed by atoms with Gasteiger partial charge in [0.25, 0.3) is 5.56 Å². The normalized spacial score (nSPS) is 11.2. The van der Waals surface area contributed by atoms with E-state index in [4.69, 9.17) is 0 Å². The van der Waals surface area contributed by atoms with Gasteiger partial charge in [-0.1, -0.05) is 0 Å². The van der Waals surface area contributed by atoms with Crippen molar-refractivity contribution in [3.8, 4) is 11.6 Å². The van der Waals surface area contributed by atoms with Gasteiger partial charge in [-0.25, -0.2) is 9.97 Å². The molecule has 0 aliphatic rings. The van der Waals surface area contributed by atoms with Crippen molar-refractivity contribution >= 4 is 21.6 Å². The van der Waals surface area contributed by atoms with E-state index in [2.05, 4.69) is 15.0 Å². The van der Waals surface area contributed by atoms with Gasteiger partial charge in [0.2, 0.25) is 0 Å². The maximum atomic E-state index is 12.0. The third-order valence-corrected chi connectivity index (χ3v) is 3.65. The molecule has 0 amide bonds. The van der Waals surface area contributed by atoms with Crippen molar-refractivity contribution in [3.05, 3.63) is 33.7 Å². The molecule has 0 unspecified atom stereocenters. The molecule has 3 aromatic heterocycles. The summed E-state index contributed by atoms with van der Waals surface area (Å²) < 4.78 is 1.82. The first-order valence-corrected chi connectivity index (χ1v) is 6.00. The minimum atomic E-state index is -0.105. The van der Waals surface area contributed by atoms with Crippen molar-refractivity contribution < 1.29 is 0 Å². The zero-order valence-electron chi connectivity index (χ0n) is 9.39. The van der Waals surface area contributed by atoms with Gasteiger partial charge in [-0.3, -0.25) is 4.79 Å². The maximum Gasteiger partial charge on any atom is 0.260 e. The fourth-order valence-electron chi connectivity index (χ4n) is 1.79. The highest BCUT2D eigenvalue weighted by Gasteiger charge is 2.11. The van der Waals surface area contributed by atoms with E-state index in [1.165, 1.54) is 11.3 Å². The molecule has 0 fully saturated rings. The van der Waals surface area contributed by atoms with Crippen molar-refractivity contribution in [2.24, 2.45) is 7.05 Å². The molecule has 0 saturated carbocycles. The van der Waals surface area contributed by atoms with Gasteiger partial charge < -0.3 is 9.55 Å². The number of aromatic nitrogens is 4. The maximum absolute atomic E-state index is 12.0. The Morgan fingerprint density at radius 1 is 1.47 bits per heavy atom. The number of thiophene rings is 1. The zero-order valence-corrected chi connectivity index (χ0v) is 10.2. The summed E-state index contributed by atoms with van der Waals surface area (Å²) in [5, 5.41) is 2.61. The number of hydrogen-bond donors (Lipinski definition) is 1. The van der Waals surface area contributed by atoms with Crippen molar-refractivity contribution in [2.45, 2.75) is 6.92 Å². The van der Waals surface area contributed by atoms with Gasteiger partial charge in [-0.05, 0) is 17.9 Å². The zero-order chi connectivity index (χ0) is 12.0. The number of aromatic amines is 1. The predicted molar refractivity (Wildman–Crippen MR) is 67.2 cm³/mol. The average Bonchev–Trinajstić information content (AvgIpc) is 2.85. The number of imidazole rings is 1. The van der Waals surface area contributed by atoms with Crippen LogP contribution >= 0.6 is 11.3 Å². The SMILES string of the molecule is Cc1csc2nc(-c3nccn3C)[nH]c(=O)c12. The lowest BCUT2D eigenvalue weighted by atomic mass is 10.3. The van der Waals surface area contributed by atoms with Crippen LogP contribution < -0.4 is 5.56 Å². The van der Waals surface area contributed by atoms with Gasteiger partial charge in [-0.15, -0.1) is 11.3 Å². The smallest absolute Gasteiger partial charge is 0.260 e. The quantitative estimate of drug-likeness (QED) is 0.710. The van der Waals surface area contributed by atoms with E-state index in [1.54, 1.807) is 6.20 Å². The molecule has 3 aromatic rings. The minimum absolute atomic E-state index is 0.105. The molecule has 0 radical (unpaired) electrons. The second-order valence-corrected chi connectivity index (χ2v) is 4.73. The van der Waals surface area contributed by atoms with Gasteiger partial charge >= 0.3 is 0 Å². The second kappa shape index (κ2) is 3.53. The summed E-state index contributed by atoms with van der Waals surface area (Å²) >= 11 is 1.48. The Balaban J connectivity index is 2.34. The molecule has 6 heteroatoms. The number of hydrogen-bond acceptors (Lipinski definition) is 4. The second-order valence-electron chi connectivity index (χ2n) is 3.88. The van der Waals surface area contributed by atoms with E-state index in [9.17, 15) is 4.79 Å². The van der Waals surface area contributed by atoms with Crippen LogP contribution in [0.25, 0.3) is 21.9 Å². The van der Waals surface area contributed by atoms with E-state index in [-0.39, 0.29) is 5.56 Å². The summed E-state index contributed by atoms with van der Waals surface area (Å²) in [6, 6.07) is 0. The van der Waals surface area contributed by atoms with Gasteiger partial charge in [0, 0.05) is 19.4 Å². The molecular formula is C11H10N4OS. The highest BCUT2D eigenvalue weighted by atomic mass is 32.1. The molecule has 3 rings (SSSR count). The van der Waals surface area contributed by atoms with E-state index in [0.717, 1.165) is 10.4 Å². The number of rotatable bonds is 1.